The number of nitrogens with two attached hydrogens (primary N) is 1. The molecule has 1 amide bonds. The van der Waals surface area contributed by atoms with E-state index in [0.717, 1.165) is 45.6 Å². The second-order valence-corrected chi connectivity index (χ2v) is 4.96. The Kier molecular flexibility index (Phi) is 4.18. The molecular formula is C12H23N3O. The van der Waals surface area contributed by atoms with Crippen LogP contribution in [0.1, 0.15) is 25.7 Å². The molecule has 2 heterocycles. The summed E-state index contributed by atoms with van der Waals surface area (Å²) >= 11 is 0. The molecule has 0 bridgehead atoms. The van der Waals surface area contributed by atoms with Crippen LogP contribution in [0.15, 0.2) is 0 Å². The van der Waals surface area contributed by atoms with Gasteiger partial charge < -0.3 is 15.5 Å². The van der Waals surface area contributed by atoms with Crippen molar-refractivity contribution in [3.05, 3.63) is 0 Å². The van der Waals surface area contributed by atoms with Gasteiger partial charge in [0, 0.05) is 32.7 Å². The van der Waals surface area contributed by atoms with Crippen LogP contribution < -0.4 is 5.73 Å². The Hall–Kier alpha value is -0.610. The van der Waals surface area contributed by atoms with Gasteiger partial charge in [-0.05, 0) is 32.2 Å². The molecule has 92 valence electrons. The maximum atomic E-state index is 12.2. The molecule has 2 aliphatic heterocycles. The van der Waals surface area contributed by atoms with Crippen molar-refractivity contribution in [2.24, 2.45) is 11.7 Å². The lowest BCUT2D eigenvalue weighted by Crippen LogP contribution is -2.45. The molecule has 0 aromatic rings. The number of amides is 1. The molecule has 16 heavy (non-hydrogen) atoms. The summed E-state index contributed by atoms with van der Waals surface area (Å²) in [7, 11) is 0. The number of rotatable bonds is 3. The molecule has 0 spiro atoms. The first kappa shape index (κ1) is 11.9. The molecule has 4 nitrogen and oxygen atoms in total. The molecule has 2 aliphatic rings. The van der Waals surface area contributed by atoms with Gasteiger partial charge in [0.1, 0.15) is 0 Å². The Labute approximate surface area is 97.8 Å². The van der Waals surface area contributed by atoms with Crippen LogP contribution in [0.3, 0.4) is 0 Å². The van der Waals surface area contributed by atoms with Crippen molar-refractivity contribution in [3.8, 4) is 0 Å². The van der Waals surface area contributed by atoms with Gasteiger partial charge in [0.25, 0.3) is 0 Å². The normalized spacial score (nSPS) is 27.3. The molecule has 0 saturated carbocycles. The lowest BCUT2D eigenvalue weighted by Gasteiger charge is -2.33. The average molecular weight is 225 g/mol. The Morgan fingerprint density at radius 2 is 1.94 bits per heavy atom. The zero-order valence-corrected chi connectivity index (χ0v) is 10.0. The van der Waals surface area contributed by atoms with E-state index in [-0.39, 0.29) is 5.92 Å². The van der Waals surface area contributed by atoms with E-state index in [4.69, 9.17) is 5.73 Å². The van der Waals surface area contributed by atoms with E-state index in [1.165, 1.54) is 12.8 Å². The fourth-order valence-corrected chi connectivity index (χ4v) is 2.84. The minimum absolute atomic E-state index is 0.235. The second-order valence-electron chi connectivity index (χ2n) is 4.96. The third-order valence-corrected chi connectivity index (χ3v) is 3.72. The molecule has 2 N–H and O–H groups in total. The van der Waals surface area contributed by atoms with Gasteiger partial charge >= 0.3 is 0 Å². The van der Waals surface area contributed by atoms with E-state index in [9.17, 15) is 4.79 Å². The first-order valence-electron chi connectivity index (χ1n) is 6.52. The Bertz CT molecular complexity index is 236. The van der Waals surface area contributed by atoms with Crippen molar-refractivity contribution >= 4 is 5.91 Å². The van der Waals surface area contributed by atoms with Crippen LogP contribution in [0, 0.1) is 5.92 Å². The average Bonchev–Trinajstić information content (AvgIpc) is 2.82. The summed E-state index contributed by atoms with van der Waals surface area (Å²) in [6.07, 6.45) is 4.58. The van der Waals surface area contributed by atoms with Crippen LogP contribution in [0.5, 0.6) is 0 Å². The third kappa shape index (κ3) is 2.74. The largest absolute Gasteiger partial charge is 0.342 e. The van der Waals surface area contributed by atoms with Gasteiger partial charge in [-0.2, -0.15) is 0 Å². The lowest BCUT2D eigenvalue weighted by molar-refractivity contribution is -0.136. The topological polar surface area (TPSA) is 49.6 Å². The van der Waals surface area contributed by atoms with Crippen molar-refractivity contribution in [2.45, 2.75) is 25.7 Å². The Morgan fingerprint density at radius 1 is 1.19 bits per heavy atom. The second kappa shape index (κ2) is 5.64. The first-order chi connectivity index (χ1) is 7.81. The van der Waals surface area contributed by atoms with Crippen LogP contribution in [0.25, 0.3) is 0 Å². The van der Waals surface area contributed by atoms with Crippen LogP contribution >= 0.6 is 0 Å². The van der Waals surface area contributed by atoms with Crippen LogP contribution in [0.2, 0.25) is 0 Å². The summed E-state index contributed by atoms with van der Waals surface area (Å²) in [6, 6.07) is 0. The third-order valence-electron chi connectivity index (χ3n) is 3.72. The molecule has 2 fully saturated rings. The number of carbonyl (C=O) groups is 1. The molecule has 4 heteroatoms. The molecule has 0 aromatic carbocycles. The van der Waals surface area contributed by atoms with Crippen molar-refractivity contribution < 1.29 is 4.79 Å². The number of piperidine rings is 1. The van der Waals surface area contributed by atoms with Crippen LogP contribution in [-0.4, -0.2) is 55.0 Å². The van der Waals surface area contributed by atoms with E-state index in [2.05, 4.69) is 9.80 Å². The number of hydrogen-bond acceptors (Lipinski definition) is 3. The van der Waals surface area contributed by atoms with Crippen molar-refractivity contribution in [1.82, 2.24) is 9.80 Å². The van der Waals surface area contributed by atoms with Gasteiger partial charge in [0.05, 0.1) is 5.92 Å². The summed E-state index contributed by atoms with van der Waals surface area (Å²) in [5.41, 5.74) is 5.57. The number of likely N-dealkylation sites (tertiary alicyclic amines) is 2. The predicted molar refractivity (Wildman–Crippen MR) is 64.0 cm³/mol. The van der Waals surface area contributed by atoms with Crippen LogP contribution in [0.4, 0.5) is 0 Å². The fourth-order valence-electron chi connectivity index (χ4n) is 2.84. The molecular weight excluding hydrogens is 202 g/mol. The van der Waals surface area contributed by atoms with Gasteiger partial charge in [0.15, 0.2) is 0 Å². The Balaban J connectivity index is 1.85. The zero-order chi connectivity index (χ0) is 11.4. The van der Waals surface area contributed by atoms with E-state index < -0.39 is 0 Å². The molecule has 2 saturated heterocycles. The van der Waals surface area contributed by atoms with E-state index >= 15 is 0 Å². The number of carbonyl (C=O) groups excluding carboxylic acids is 1. The molecule has 0 radical (unpaired) electrons. The molecule has 1 unspecified atom stereocenters. The van der Waals surface area contributed by atoms with Gasteiger partial charge in [-0.1, -0.05) is 0 Å². The minimum Gasteiger partial charge on any atom is -0.342 e. The smallest absolute Gasteiger partial charge is 0.226 e. The summed E-state index contributed by atoms with van der Waals surface area (Å²) in [4.78, 5) is 16.6. The highest BCUT2D eigenvalue weighted by molar-refractivity contribution is 5.79. The predicted octanol–water partition coefficient (Wildman–Crippen LogP) is 0.279. The van der Waals surface area contributed by atoms with Crippen molar-refractivity contribution in [2.75, 3.05) is 39.3 Å². The van der Waals surface area contributed by atoms with Crippen molar-refractivity contribution in [3.63, 3.8) is 0 Å². The van der Waals surface area contributed by atoms with E-state index in [1.807, 2.05) is 0 Å². The minimum atomic E-state index is 0.235. The fraction of sp³-hybridized carbons (Fsp3) is 0.917. The highest BCUT2D eigenvalue weighted by Gasteiger charge is 2.29. The molecule has 0 aromatic heterocycles. The van der Waals surface area contributed by atoms with Gasteiger partial charge in [0.2, 0.25) is 5.91 Å². The van der Waals surface area contributed by atoms with Gasteiger partial charge in [-0.3, -0.25) is 4.79 Å². The summed E-state index contributed by atoms with van der Waals surface area (Å²) in [5, 5.41) is 0. The van der Waals surface area contributed by atoms with Gasteiger partial charge in [-0.25, -0.2) is 0 Å². The maximum absolute atomic E-state index is 12.2. The first-order valence-corrected chi connectivity index (χ1v) is 6.52. The summed E-state index contributed by atoms with van der Waals surface area (Å²) in [6.45, 7) is 5.63. The van der Waals surface area contributed by atoms with Gasteiger partial charge in [-0.15, -0.1) is 0 Å². The Morgan fingerprint density at radius 3 is 2.62 bits per heavy atom. The maximum Gasteiger partial charge on any atom is 0.226 e. The summed E-state index contributed by atoms with van der Waals surface area (Å²) < 4.78 is 0. The molecule has 0 aliphatic carbocycles. The SMILES string of the molecule is NCCN1CCCC(C(=O)N2CCCC2)C1. The van der Waals surface area contributed by atoms with E-state index in [1.54, 1.807) is 0 Å². The molecule has 2 rings (SSSR count). The standard InChI is InChI=1S/C12H23N3O/c13-5-9-14-6-3-4-11(10-14)12(16)15-7-1-2-8-15/h11H,1-10,13H2. The number of hydrogen-bond donors (Lipinski definition) is 1. The molecule has 1 atom stereocenters. The van der Waals surface area contributed by atoms with Crippen molar-refractivity contribution in [1.29, 1.82) is 0 Å². The quantitative estimate of drug-likeness (QED) is 0.750. The zero-order valence-electron chi connectivity index (χ0n) is 10.0. The monoisotopic (exact) mass is 225 g/mol. The number of nitrogens with zero attached hydrogens (tertiary/aromatic N) is 2. The highest BCUT2D eigenvalue weighted by atomic mass is 16.2. The van der Waals surface area contributed by atoms with E-state index in [0.29, 0.717) is 12.5 Å². The summed E-state index contributed by atoms with van der Waals surface area (Å²) in [5.74, 6) is 0.623. The van der Waals surface area contributed by atoms with Crippen LogP contribution in [-0.2, 0) is 4.79 Å². The lowest BCUT2D eigenvalue weighted by atomic mass is 9.96. The highest BCUT2D eigenvalue weighted by Crippen LogP contribution is 2.20.